The van der Waals surface area contributed by atoms with Crippen LogP contribution in [-0.4, -0.2) is 43.8 Å². The summed E-state index contributed by atoms with van der Waals surface area (Å²) in [4.78, 5) is 20.2. The number of rotatable bonds is 7. The number of aromatic nitrogens is 1. The molecule has 1 saturated heterocycles. The van der Waals surface area contributed by atoms with E-state index in [4.69, 9.17) is 9.72 Å². The first-order valence-electron chi connectivity index (χ1n) is 11.4. The molecule has 0 spiro atoms. The van der Waals surface area contributed by atoms with Crippen LogP contribution in [-0.2, 0) is 16.6 Å². The molecule has 2 heterocycles. The summed E-state index contributed by atoms with van der Waals surface area (Å²) in [7, 11) is -1.93. The van der Waals surface area contributed by atoms with E-state index < -0.39 is 10.0 Å². The number of fused-ring (bicyclic) bond motifs is 1. The van der Waals surface area contributed by atoms with Crippen LogP contribution in [0, 0.1) is 0 Å². The molecule has 1 aliphatic rings. The lowest BCUT2D eigenvalue weighted by Crippen LogP contribution is -2.30. The monoisotopic (exact) mass is 507 g/mol. The Balaban J connectivity index is 1.48. The average molecular weight is 508 g/mol. The van der Waals surface area contributed by atoms with E-state index >= 15 is 0 Å². The minimum Gasteiger partial charge on any atom is -0.497 e. The topological polar surface area (TPSA) is 79.8 Å². The molecule has 0 saturated carbocycles. The van der Waals surface area contributed by atoms with Crippen molar-refractivity contribution < 1.29 is 17.9 Å². The second-order valence-corrected chi connectivity index (χ2v) is 11.3. The third-order valence-electron chi connectivity index (χ3n) is 6.05. The third kappa shape index (κ3) is 4.80. The predicted molar refractivity (Wildman–Crippen MR) is 138 cm³/mol. The first-order valence-corrected chi connectivity index (χ1v) is 13.6. The lowest BCUT2D eigenvalue weighted by molar-refractivity contribution is 0.0985. The van der Waals surface area contributed by atoms with Crippen molar-refractivity contribution in [2.75, 3.05) is 25.1 Å². The van der Waals surface area contributed by atoms with Crippen molar-refractivity contribution in [2.45, 2.75) is 24.3 Å². The van der Waals surface area contributed by atoms with Crippen LogP contribution < -0.4 is 9.64 Å². The Morgan fingerprint density at radius 2 is 1.74 bits per heavy atom. The van der Waals surface area contributed by atoms with Crippen LogP contribution in [0.15, 0.2) is 77.7 Å². The van der Waals surface area contributed by atoms with Gasteiger partial charge in [0, 0.05) is 18.7 Å². The van der Waals surface area contributed by atoms with Gasteiger partial charge in [0.15, 0.2) is 5.13 Å². The van der Waals surface area contributed by atoms with Gasteiger partial charge in [0.05, 0.1) is 28.8 Å². The molecule has 9 heteroatoms. The first-order chi connectivity index (χ1) is 17.0. The smallest absolute Gasteiger partial charge is 0.260 e. The molecule has 1 fully saturated rings. The molecular formula is C26H25N3O4S2. The van der Waals surface area contributed by atoms with Crippen LogP contribution in [0.1, 0.15) is 28.8 Å². The van der Waals surface area contributed by atoms with Gasteiger partial charge < -0.3 is 4.74 Å². The highest BCUT2D eigenvalue weighted by atomic mass is 32.2. The molecule has 0 atom stereocenters. The Bertz CT molecular complexity index is 1450. The minimum absolute atomic E-state index is 0.206. The number of carbonyl (C=O) groups is 1. The Morgan fingerprint density at radius 3 is 2.43 bits per heavy atom. The highest BCUT2D eigenvalue weighted by molar-refractivity contribution is 7.89. The summed E-state index contributed by atoms with van der Waals surface area (Å²) in [5.41, 5.74) is 2.15. The summed E-state index contributed by atoms with van der Waals surface area (Å²) < 4.78 is 33.5. The van der Waals surface area contributed by atoms with Crippen molar-refractivity contribution in [1.29, 1.82) is 0 Å². The normalized spacial score (nSPS) is 14.3. The molecule has 7 nitrogen and oxygen atoms in total. The molecule has 35 heavy (non-hydrogen) atoms. The van der Waals surface area contributed by atoms with Crippen LogP contribution in [0.5, 0.6) is 5.75 Å². The molecule has 5 rings (SSSR count). The Labute approximate surface area is 208 Å². The summed E-state index contributed by atoms with van der Waals surface area (Å²) >= 11 is 1.41. The van der Waals surface area contributed by atoms with Crippen LogP contribution >= 0.6 is 11.3 Å². The number of anilines is 1. The van der Waals surface area contributed by atoms with E-state index in [9.17, 15) is 13.2 Å². The van der Waals surface area contributed by atoms with Crippen molar-refractivity contribution in [3.63, 3.8) is 0 Å². The van der Waals surface area contributed by atoms with E-state index in [-0.39, 0.29) is 10.8 Å². The fourth-order valence-electron chi connectivity index (χ4n) is 4.13. The van der Waals surface area contributed by atoms with Crippen LogP contribution in [0.25, 0.3) is 10.2 Å². The van der Waals surface area contributed by atoms with Gasteiger partial charge >= 0.3 is 0 Å². The quantitative estimate of drug-likeness (QED) is 0.354. The SMILES string of the molecule is COc1ccc2nc(N(Cc3ccccc3)C(=O)c3ccc(S(=O)(=O)N4CCCC4)cc3)sc2c1. The largest absolute Gasteiger partial charge is 0.497 e. The second kappa shape index (κ2) is 9.77. The number of ether oxygens (including phenoxy) is 1. The number of hydrogen-bond acceptors (Lipinski definition) is 6. The number of amides is 1. The number of benzene rings is 3. The minimum atomic E-state index is -3.54. The lowest BCUT2D eigenvalue weighted by atomic mass is 10.1. The fraction of sp³-hybridized carbons (Fsp3) is 0.231. The van der Waals surface area contributed by atoms with Gasteiger partial charge in [0.2, 0.25) is 10.0 Å². The number of methoxy groups -OCH3 is 1. The molecule has 1 aliphatic heterocycles. The molecule has 180 valence electrons. The van der Waals surface area contributed by atoms with Crippen molar-refractivity contribution in [3.05, 3.63) is 83.9 Å². The average Bonchev–Trinajstić information content (AvgIpc) is 3.58. The number of nitrogens with zero attached hydrogens (tertiary/aromatic N) is 3. The van der Waals surface area contributed by atoms with Crippen molar-refractivity contribution in [1.82, 2.24) is 9.29 Å². The van der Waals surface area contributed by atoms with Crippen LogP contribution in [0.3, 0.4) is 0 Å². The zero-order valence-corrected chi connectivity index (χ0v) is 20.9. The maximum atomic E-state index is 13.7. The fourth-order valence-corrected chi connectivity index (χ4v) is 6.64. The zero-order valence-electron chi connectivity index (χ0n) is 19.3. The molecule has 0 aliphatic carbocycles. The molecular weight excluding hydrogens is 482 g/mol. The van der Waals surface area contributed by atoms with E-state index in [0.29, 0.717) is 30.3 Å². The molecule has 0 unspecified atom stereocenters. The predicted octanol–water partition coefficient (Wildman–Crippen LogP) is 4.94. The Morgan fingerprint density at radius 1 is 1.03 bits per heavy atom. The lowest BCUT2D eigenvalue weighted by Gasteiger charge is -2.20. The van der Waals surface area contributed by atoms with Crippen LogP contribution in [0.2, 0.25) is 0 Å². The van der Waals surface area contributed by atoms with Gasteiger partial charge in [-0.2, -0.15) is 4.31 Å². The van der Waals surface area contributed by atoms with E-state index in [2.05, 4.69) is 0 Å². The van der Waals surface area contributed by atoms with Gasteiger partial charge in [0.25, 0.3) is 5.91 Å². The third-order valence-corrected chi connectivity index (χ3v) is 9.00. The van der Waals surface area contributed by atoms with Crippen LogP contribution in [0.4, 0.5) is 5.13 Å². The number of sulfonamides is 1. The highest BCUT2D eigenvalue weighted by Crippen LogP contribution is 2.33. The van der Waals surface area contributed by atoms with E-state index in [0.717, 1.165) is 34.4 Å². The summed E-state index contributed by atoms with van der Waals surface area (Å²) in [6.07, 6.45) is 1.75. The van der Waals surface area contributed by atoms with Gasteiger partial charge in [-0.1, -0.05) is 41.7 Å². The van der Waals surface area contributed by atoms with E-state index in [1.807, 2.05) is 48.5 Å². The van der Waals surface area contributed by atoms with E-state index in [1.165, 1.54) is 27.8 Å². The summed E-state index contributed by atoms with van der Waals surface area (Å²) in [6, 6.07) is 21.5. The Hall–Kier alpha value is -3.27. The molecule has 4 aromatic rings. The highest BCUT2D eigenvalue weighted by Gasteiger charge is 2.28. The van der Waals surface area contributed by atoms with Crippen molar-refractivity contribution in [2.24, 2.45) is 0 Å². The molecule has 0 radical (unpaired) electrons. The van der Waals surface area contributed by atoms with Crippen molar-refractivity contribution in [3.8, 4) is 5.75 Å². The summed E-state index contributed by atoms with van der Waals surface area (Å²) in [5, 5.41) is 0.566. The van der Waals surface area contributed by atoms with Gasteiger partial charge in [0.1, 0.15) is 5.75 Å². The molecule has 0 bridgehead atoms. The first kappa shape index (κ1) is 23.5. The van der Waals surface area contributed by atoms with Gasteiger partial charge in [-0.05, 0) is 60.9 Å². The van der Waals surface area contributed by atoms with Crippen molar-refractivity contribution >= 4 is 42.6 Å². The standard InChI is InChI=1S/C26H25N3O4S2/c1-33-21-11-14-23-24(17-21)34-26(27-23)29(18-19-7-3-2-4-8-19)25(30)20-9-12-22(13-10-20)35(31,32)28-15-5-6-16-28/h2-4,7-14,17H,5-6,15-16,18H2,1H3. The molecule has 1 amide bonds. The maximum Gasteiger partial charge on any atom is 0.260 e. The van der Waals surface area contributed by atoms with E-state index in [1.54, 1.807) is 24.1 Å². The second-order valence-electron chi connectivity index (χ2n) is 8.34. The summed E-state index contributed by atoms with van der Waals surface area (Å²) in [5.74, 6) is 0.480. The number of carbonyl (C=O) groups excluding carboxylic acids is 1. The molecule has 1 aromatic heterocycles. The van der Waals surface area contributed by atoms with Gasteiger partial charge in [-0.15, -0.1) is 0 Å². The molecule has 3 aromatic carbocycles. The Kier molecular flexibility index (Phi) is 6.55. The molecule has 0 N–H and O–H groups in total. The zero-order chi connectivity index (χ0) is 24.4. The van der Waals surface area contributed by atoms with Gasteiger partial charge in [-0.25, -0.2) is 13.4 Å². The number of thiazole rings is 1. The number of hydrogen-bond donors (Lipinski definition) is 0. The maximum absolute atomic E-state index is 13.7. The summed E-state index contributed by atoms with van der Waals surface area (Å²) in [6.45, 7) is 1.41. The van der Waals surface area contributed by atoms with Gasteiger partial charge in [-0.3, -0.25) is 9.69 Å².